The highest BCUT2D eigenvalue weighted by Gasteiger charge is 2.35. The first-order valence-corrected chi connectivity index (χ1v) is 8.82. The van der Waals surface area contributed by atoms with E-state index in [4.69, 9.17) is 9.15 Å². The van der Waals surface area contributed by atoms with Crippen molar-refractivity contribution in [2.24, 2.45) is 0 Å². The Morgan fingerprint density at radius 1 is 1.19 bits per heavy atom. The number of nitrogens with zero attached hydrogens (tertiary/aromatic N) is 1. The summed E-state index contributed by atoms with van der Waals surface area (Å²) in [4.78, 5) is 33.7. The summed E-state index contributed by atoms with van der Waals surface area (Å²) >= 11 is 0. The molecule has 0 atom stereocenters. The number of hydrogen-bond donors (Lipinski definition) is 1. The van der Waals surface area contributed by atoms with E-state index < -0.39 is 46.5 Å². The van der Waals surface area contributed by atoms with Crippen molar-refractivity contribution >= 4 is 34.2 Å². The third-order valence-electron chi connectivity index (χ3n) is 4.30. The van der Waals surface area contributed by atoms with Crippen LogP contribution >= 0.6 is 0 Å². The van der Waals surface area contributed by atoms with Crippen LogP contribution in [0.1, 0.15) is 16.7 Å². The number of carbonyl (C=O) groups is 2. The van der Waals surface area contributed by atoms with Gasteiger partial charge in [0.15, 0.2) is 6.61 Å². The molecule has 3 aromatic rings. The SMILES string of the molecule is Cc1ccc2c(CC(=O)OCC(=O)Nc3ccc([N+](=O)[O-])cc3C(F)(F)F)coc2c1. The van der Waals surface area contributed by atoms with Gasteiger partial charge in [-0.1, -0.05) is 12.1 Å². The maximum atomic E-state index is 13.2. The highest BCUT2D eigenvalue weighted by Crippen LogP contribution is 2.37. The Kier molecular flexibility index (Phi) is 5.95. The average Bonchev–Trinajstić information content (AvgIpc) is 3.07. The number of alkyl halides is 3. The van der Waals surface area contributed by atoms with Crippen LogP contribution in [0.2, 0.25) is 0 Å². The monoisotopic (exact) mass is 436 g/mol. The van der Waals surface area contributed by atoms with Crippen molar-refractivity contribution in [1.29, 1.82) is 0 Å². The number of ether oxygens (including phenoxy) is 1. The lowest BCUT2D eigenvalue weighted by molar-refractivity contribution is -0.385. The molecule has 0 fully saturated rings. The number of anilines is 1. The third-order valence-corrected chi connectivity index (χ3v) is 4.30. The zero-order valence-electron chi connectivity index (χ0n) is 16.0. The van der Waals surface area contributed by atoms with E-state index >= 15 is 0 Å². The summed E-state index contributed by atoms with van der Waals surface area (Å²) in [5.41, 5.74) is -0.762. The van der Waals surface area contributed by atoms with Crippen LogP contribution < -0.4 is 5.32 Å². The van der Waals surface area contributed by atoms with Gasteiger partial charge in [0.2, 0.25) is 0 Å². The van der Waals surface area contributed by atoms with Gasteiger partial charge in [0.25, 0.3) is 11.6 Å². The number of furan rings is 1. The van der Waals surface area contributed by atoms with Crippen molar-refractivity contribution in [1.82, 2.24) is 0 Å². The molecule has 162 valence electrons. The predicted octanol–water partition coefficient (Wildman–Crippen LogP) is 4.39. The van der Waals surface area contributed by atoms with E-state index in [0.29, 0.717) is 22.6 Å². The Bertz CT molecular complexity index is 1170. The zero-order chi connectivity index (χ0) is 22.8. The minimum atomic E-state index is -4.94. The molecule has 0 spiro atoms. The number of carbonyl (C=O) groups excluding carboxylic acids is 2. The standard InChI is InChI=1S/C20H15F3N2O6/c1-11-2-4-14-12(9-30-17(14)6-11)7-19(27)31-10-18(26)24-16-5-3-13(25(28)29)8-15(16)20(21,22)23/h2-6,8-9H,7,10H2,1H3,(H,24,26). The molecule has 31 heavy (non-hydrogen) atoms. The number of non-ortho nitro benzene ring substituents is 1. The fourth-order valence-electron chi connectivity index (χ4n) is 2.86. The second-order valence-corrected chi connectivity index (χ2v) is 6.63. The number of amides is 1. The molecule has 2 aromatic carbocycles. The van der Waals surface area contributed by atoms with Gasteiger partial charge in [0.1, 0.15) is 5.58 Å². The number of hydrogen-bond acceptors (Lipinski definition) is 6. The summed E-state index contributed by atoms with van der Waals surface area (Å²) in [5.74, 6) is -1.81. The molecule has 11 heteroatoms. The molecule has 0 saturated carbocycles. The first-order valence-electron chi connectivity index (χ1n) is 8.82. The molecule has 0 radical (unpaired) electrons. The molecular weight excluding hydrogens is 421 g/mol. The Hall–Kier alpha value is -3.89. The molecule has 1 N–H and O–H groups in total. The van der Waals surface area contributed by atoms with Gasteiger partial charge in [0.05, 0.1) is 28.9 Å². The lowest BCUT2D eigenvalue weighted by Crippen LogP contribution is -2.23. The fraction of sp³-hybridized carbons (Fsp3) is 0.200. The van der Waals surface area contributed by atoms with Crippen molar-refractivity contribution in [3.05, 3.63) is 69.5 Å². The lowest BCUT2D eigenvalue weighted by atomic mass is 10.1. The van der Waals surface area contributed by atoms with Gasteiger partial charge < -0.3 is 14.5 Å². The Balaban J connectivity index is 1.63. The fourth-order valence-corrected chi connectivity index (χ4v) is 2.86. The van der Waals surface area contributed by atoms with E-state index in [1.807, 2.05) is 18.3 Å². The first-order chi connectivity index (χ1) is 14.5. The van der Waals surface area contributed by atoms with E-state index in [2.05, 4.69) is 0 Å². The third kappa shape index (κ3) is 5.18. The topological polar surface area (TPSA) is 112 Å². The smallest absolute Gasteiger partial charge is 0.418 e. The maximum Gasteiger partial charge on any atom is 0.418 e. The second kappa shape index (κ2) is 8.46. The van der Waals surface area contributed by atoms with Crippen LogP contribution in [0.25, 0.3) is 11.0 Å². The van der Waals surface area contributed by atoms with E-state index in [9.17, 15) is 32.9 Å². The van der Waals surface area contributed by atoms with Gasteiger partial charge in [-0.05, 0) is 24.6 Å². The average molecular weight is 436 g/mol. The lowest BCUT2D eigenvalue weighted by Gasteiger charge is -2.13. The van der Waals surface area contributed by atoms with Gasteiger partial charge >= 0.3 is 12.1 Å². The number of rotatable bonds is 6. The van der Waals surface area contributed by atoms with Crippen LogP contribution in [0, 0.1) is 17.0 Å². The van der Waals surface area contributed by atoms with Gasteiger partial charge in [-0.2, -0.15) is 13.2 Å². The number of nitro groups is 1. The van der Waals surface area contributed by atoms with Crippen molar-refractivity contribution in [2.75, 3.05) is 11.9 Å². The van der Waals surface area contributed by atoms with E-state index in [1.165, 1.54) is 6.26 Å². The number of esters is 1. The molecule has 0 bridgehead atoms. The molecule has 3 rings (SSSR count). The normalized spacial score (nSPS) is 11.4. The Morgan fingerprint density at radius 2 is 1.94 bits per heavy atom. The summed E-state index contributed by atoms with van der Waals surface area (Å²) in [5, 5.41) is 13.4. The summed E-state index contributed by atoms with van der Waals surface area (Å²) < 4.78 is 49.6. The number of benzene rings is 2. The van der Waals surface area contributed by atoms with Crippen LogP contribution in [0.3, 0.4) is 0 Å². The molecule has 0 aliphatic rings. The van der Waals surface area contributed by atoms with Crippen molar-refractivity contribution in [2.45, 2.75) is 19.5 Å². The molecule has 1 aromatic heterocycles. The van der Waals surface area contributed by atoms with Gasteiger partial charge in [-0.15, -0.1) is 0 Å². The van der Waals surface area contributed by atoms with Gasteiger partial charge in [0, 0.05) is 23.1 Å². The first kappa shape index (κ1) is 21.8. The molecule has 8 nitrogen and oxygen atoms in total. The highest BCUT2D eigenvalue weighted by atomic mass is 19.4. The number of fused-ring (bicyclic) bond motifs is 1. The summed E-state index contributed by atoms with van der Waals surface area (Å²) in [6.07, 6.45) is -3.75. The van der Waals surface area contributed by atoms with Crippen molar-refractivity contribution < 1.29 is 36.8 Å². The summed E-state index contributed by atoms with van der Waals surface area (Å²) in [6, 6.07) is 7.30. The number of nitrogens with one attached hydrogen (secondary N) is 1. The number of aryl methyl sites for hydroxylation is 1. The van der Waals surface area contributed by atoms with Crippen LogP contribution in [0.5, 0.6) is 0 Å². The number of nitro benzene ring substituents is 1. The highest BCUT2D eigenvalue weighted by molar-refractivity contribution is 5.94. The quantitative estimate of drug-likeness (QED) is 0.348. The summed E-state index contributed by atoms with van der Waals surface area (Å²) in [7, 11) is 0. The van der Waals surface area contributed by atoms with Crippen LogP contribution in [-0.2, 0) is 26.9 Å². The van der Waals surface area contributed by atoms with E-state index in [-0.39, 0.29) is 6.42 Å². The van der Waals surface area contributed by atoms with E-state index in [1.54, 1.807) is 12.1 Å². The van der Waals surface area contributed by atoms with Crippen molar-refractivity contribution in [3.63, 3.8) is 0 Å². The van der Waals surface area contributed by atoms with E-state index in [0.717, 1.165) is 17.7 Å². The van der Waals surface area contributed by atoms with Gasteiger partial charge in [-0.3, -0.25) is 19.7 Å². The molecule has 1 heterocycles. The predicted molar refractivity (Wildman–Crippen MR) is 102 cm³/mol. The van der Waals surface area contributed by atoms with Gasteiger partial charge in [-0.25, -0.2) is 0 Å². The van der Waals surface area contributed by atoms with Crippen LogP contribution in [-0.4, -0.2) is 23.4 Å². The minimum absolute atomic E-state index is 0.200. The molecule has 0 aliphatic heterocycles. The zero-order valence-corrected chi connectivity index (χ0v) is 16.0. The molecular formula is C20H15F3N2O6. The molecule has 0 unspecified atom stereocenters. The van der Waals surface area contributed by atoms with Crippen LogP contribution in [0.4, 0.5) is 24.5 Å². The number of halogens is 3. The minimum Gasteiger partial charge on any atom is -0.464 e. The second-order valence-electron chi connectivity index (χ2n) is 6.63. The molecule has 0 aliphatic carbocycles. The Morgan fingerprint density at radius 3 is 2.61 bits per heavy atom. The van der Waals surface area contributed by atoms with Crippen molar-refractivity contribution in [3.8, 4) is 0 Å². The largest absolute Gasteiger partial charge is 0.464 e. The molecule has 0 saturated heterocycles. The molecule has 1 amide bonds. The Labute approximate surface area is 172 Å². The maximum absolute atomic E-state index is 13.2. The van der Waals surface area contributed by atoms with Crippen LogP contribution in [0.15, 0.2) is 47.1 Å². The summed E-state index contributed by atoms with van der Waals surface area (Å²) in [6.45, 7) is 1.05.